The average Bonchev–Trinajstić information content (AvgIpc) is 3.07. The molecule has 1 amide bonds. The molecule has 158 valence electrons. The number of pyridine rings is 1. The molecule has 0 bridgehead atoms. The molecule has 2 aromatic heterocycles. The van der Waals surface area contributed by atoms with Crippen LogP contribution in [0.2, 0.25) is 0 Å². The summed E-state index contributed by atoms with van der Waals surface area (Å²) < 4.78 is 50.6. The number of benzene rings is 1. The highest BCUT2D eigenvalue weighted by Gasteiger charge is 2.30. The van der Waals surface area contributed by atoms with Gasteiger partial charge in [0.05, 0.1) is 16.3 Å². The Morgan fingerprint density at radius 1 is 1.10 bits per heavy atom. The molecular formula is C20H18F4N4OS. The molecule has 2 heterocycles. The van der Waals surface area contributed by atoms with Crippen molar-refractivity contribution >= 4 is 23.1 Å². The van der Waals surface area contributed by atoms with Crippen molar-refractivity contribution in [3.05, 3.63) is 75.1 Å². The molecule has 0 aliphatic rings. The van der Waals surface area contributed by atoms with Crippen molar-refractivity contribution < 1.29 is 22.4 Å². The summed E-state index contributed by atoms with van der Waals surface area (Å²) in [4.78, 5) is 21.0. The first-order chi connectivity index (χ1) is 14.2. The summed E-state index contributed by atoms with van der Waals surface area (Å²) >= 11 is 1.27. The molecule has 0 atom stereocenters. The van der Waals surface area contributed by atoms with E-state index in [0.29, 0.717) is 23.5 Å². The van der Waals surface area contributed by atoms with Crippen LogP contribution in [0.15, 0.2) is 42.6 Å². The molecule has 0 radical (unpaired) electrons. The Bertz CT molecular complexity index is 1000. The number of amides is 1. The van der Waals surface area contributed by atoms with Gasteiger partial charge in [0.15, 0.2) is 0 Å². The van der Waals surface area contributed by atoms with E-state index >= 15 is 0 Å². The number of anilines is 1. The molecule has 5 nitrogen and oxygen atoms in total. The van der Waals surface area contributed by atoms with E-state index in [-0.39, 0.29) is 24.1 Å². The minimum Gasteiger partial charge on any atom is -0.368 e. The molecule has 3 rings (SSSR count). The maximum Gasteiger partial charge on any atom is 0.417 e. The number of alkyl halides is 3. The molecule has 0 saturated carbocycles. The number of rotatable bonds is 7. The SMILES string of the molecule is Cc1nc(Cc2ccc(F)cc2)sc1C(=O)NCCNc1ccc(C(F)(F)F)cn1. The number of nitrogens with one attached hydrogen (secondary N) is 2. The fourth-order valence-corrected chi connectivity index (χ4v) is 3.64. The van der Waals surface area contributed by atoms with Gasteiger partial charge in [-0.1, -0.05) is 12.1 Å². The van der Waals surface area contributed by atoms with Crippen LogP contribution < -0.4 is 10.6 Å². The Kier molecular flexibility index (Phi) is 6.66. The summed E-state index contributed by atoms with van der Waals surface area (Å²) in [5.41, 5.74) is 0.677. The van der Waals surface area contributed by atoms with Crippen molar-refractivity contribution in [2.45, 2.75) is 19.5 Å². The predicted octanol–water partition coefficient (Wildman–Crippen LogP) is 4.44. The molecule has 0 aliphatic heterocycles. The Balaban J connectivity index is 1.49. The molecule has 0 aliphatic carbocycles. The van der Waals surface area contributed by atoms with E-state index in [1.165, 1.54) is 29.5 Å². The number of hydrogen-bond acceptors (Lipinski definition) is 5. The second kappa shape index (κ2) is 9.21. The number of halogens is 4. The first kappa shape index (κ1) is 21.7. The van der Waals surface area contributed by atoms with Crippen LogP contribution in [0, 0.1) is 12.7 Å². The molecule has 0 spiro atoms. The number of hydrogen-bond donors (Lipinski definition) is 2. The highest BCUT2D eigenvalue weighted by atomic mass is 32.1. The summed E-state index contributed by atoms with van der Waals surface area (Å²) in [5, 5.41) is 6.34. The molecule has 0 saturated heterocycles. The van der Waals surface area contributed by atoms with Gasteiger partial charge in [0.1, 0.15) is 16.5 Å². The van der Waals surface area contributed by atoms with E-state index in [4.69, 9.17) is 0 Å². The molecule has 1 aromatic carbocycles. The number of carbonyl (C=O) groups is 1. The zero-order valence-electron chi connectivity index (χ0n) is 15.9. The van der Waals surface area contributed by atoms with Gasteiger partial charge in [0, 0.05) is 25.7 Å². The fourth-order valence-electron chi connectivity index (χ4n) is 2.63. The van der Waals surface area contributed by atoms with Crippen LogP contribution in [-0.2, 0) is 12.6 Å². The Morgan fingerprint density at radius 2 is 1.83 bits per heavy atom. The summed E-state index contributed by atoms with van der Waals surface area (Å²) in [5.74, 6) is -0.306. The van der Waals surface area contributed by atoms with Crippen LogP contribution in [0.4, 0.5) is 23.4 Å². The standard InChI is InChI=1S/C20H18F4N4OS/c1-12-18(30-17(28-12)10-13-2-5-15(21)6-3-13)19(29)26-9-8-25-16-7-4-14(11-27-16)20(22,23)24/h2-7,11H,8-10H2,1H3,(H,25,27)(H,26,29). The third-order valence-electron chi connectivity index (χ3n) is 4.12. The van der Waals surface area contributed by atoms with Crippen LogP contribution in [0.5, 0.6) is 0 Å². The lowest BCUT2D eigenvalue weighted by molar-refractivity contribution is -0.137. The van der Waals surface area contributed by atoms with E-state index in [1.54, 1.807) is 19.1 Å². The molecule has 0 unspecified atom stereocenters. The minimum atomic E-state index is -4.43. The summed E-state index contributed by atoms with van der Waals surface area (Å²) in [6.45, 7) is 2.29. The van der Waals surface area contributed by atoms with Crippen LogP contribution in [0.1, 0.15) is 31.5 Å². The van der Waals surface area contributed by atoms with Gasteiger partial charge in [-0.3, -0.25) is 4.79 Å². The third kappa shape index (κ3) is 5.76. The summed E-state index contributed by atoms with van der Waals surface area (Å²) in [6.07, 6.45) is -3.17. The second-order valence-electron chi connectivity index (χ2n) is 6.44. The Morgan fingerprint density at radius 3 is 2.47 bits per heavy atom. The monoisotopic (exact) mass is 438 g/mol. The number of carbonyl (C=O) groups excluding carboxylic acids is 1. The van der Waals surface area contributed by atoms with Gasteiger partial charge in [-0.05, 0) is 36.8 Å². The van der Waals surface area contributed by atoms with Crippen LogP contribution in [0.3, 0.4) is 0 Å². The van der Waals surface area contributed by atoms with Gasteiger partial charge in [-0.15, -0.1) is 11.3 Å². The largest absolute Gasteiger partial charge is 0.417 e. The lowest BCUT2D eigenvalue weighted by Gasteiger charge is -2.09. The highest BCUT2D eigenvalue weighted by molar-refractivity contribution is 7.13. The molecule has 0 fully saturated rings. The van der Waals surface area contributed by atoms with Gasteiger partial charge in [-0.2, -0.15) is 13.2 Å². The first-order valence-electron chi connectivity index (χ1n) is 8.98. The van der Waals surface area contributed by atoms with Crippen molar-refractivity contribution in [3.8, 4) is 0 Å². The van der Waals surface area contributed by atoms with E-state index < -0.39 is 11.7 Å². The van der Waals surface area contributed by atoms with Gasteiger partial charge < -0.3 is 10.6 Å². The van der Waals surface area contributed by atoms with Crippen molar-refractivity contribution in [2.24, 2.45) is 0 Å². The van der Waals surface area contributed by atoms with Crippen molar-refractivity contribution in [2.75, 3.05) is 18.4 Å². The zero-order valence-corrected chi connectivity index (χ0v) is 16.7. The molecule has 3 aromatic rings. The van der Waals surface area contributed by atoms with Crippen molar-refractivity contribution in [1.82, 2.24) is 15.3 Å². The lowest BCUT2D eigenvalue weighted by atomic mass is 10.1. The van der Waals surface area contributed by atoms with E-state index in [2.05, 4.69) is 20.6 Å². The van der Waals surface area contributed by atoms with E-state index in [0.717, 1.165) is 22.8 Å². The van der Waals surface area contributed by atoms with Crippen LogP contribution in [0.25, 0.3) is 0 Å². The number of thiazole rings is 1. The maximum absolute atomic E-state index is 13.0. The van der Waals surface area contributed by atoms with E-state index in [1.807, 2.05) is 0 Å². The Hall–Kier alpha value is -3.01. The van der Waals surface area contributed by atoms with Crippen LogP contribution >= 0.6 is 11.3 Å². The first-order valence-corrected chi connectivity index (χ1v) is 9.80. The summed E-state index contributed by atoms with van der Waals surface area (Å²) in [6, 6.07) is 8.28. The van der Waals surface area contributed by atoms with E-state index in [9.17, 15) is 22.4 Å². The topological polar surface area (TPSA) is 66.9 Å². The molecular weight excluding hydrogens is 420 g/mol. The third-order valence-corrected chi connectivity index (χ3v) is 5.28. The quantitative estimate of drug-likeness (QED) is 0.423. The number of aromatic nitrogens is 2. The smallest absolute Gasteiger partial charge is 0.368 e. The van der Waals surface area contributed by atoms with Crippen molar-refractivity contribution in [1.29, 1.82) is 0 Å². The maximum atomic E-state index is 13.0. The second-order valence-corrected chi connectivity index (χ2v) is 7.52. The van der Waals surface area contributed by atoms with Crippen LogP contribution in [-0.4, -0.2) is 29.0 Å². The molecule has 30 heavy (non-hydrogen) atoms. The summed E-state index contributed by atoms with van der Waals surface area (Å²) in [7, 11) is 0. The number of nitrogens with zero attached hydrogens (tertiary/aromatic N) is 2. The fraction of sp³-hybridized carbons (Fsp3) is 0.250. The Labute approximate surface area is 174 Å². The zero-order chi connectivity index (χ0) is 21.7. The highest BCUT2D eigenvalue weighted by Crippen LogP contribution is 2.28. The minimum absolute atomic E-state index is 0.256. The normalized spacial score (nSPS) is 11.4. The van der Waals surface area contributed by atoms with Gasteiger partial charge in [-0.25, -0.2) is 14.4 Å². The molecule has 10 heteroatoms. The molecule has 2 N–H and O–H groups in total. The van der Waals surface area contributed by atoms with Gasteiger partial charge >= 0.3 is 6.18 Å². The lowest BCUT2D eigenvalue weighted by Crippen LogP contribution is -2.28. The van der Waals surface area contributed by atoms with Gasteiger partial charge in [0.25, 0.3) is 5.91 Å². The van der Waals surface area contributed by atoms with Gasteiger partial charge in [0.2, 0.25) is 0 Å². The average molecular weight is 438 g/mol. The van der Waals surface area contributed by atoms with Crippen molar-refractivity contribution in [3.63, 3.8) is 0 Å². The number of aryl methyl sites for hydroxylation is 1. The predicted molar refractivity (Wildman–Crippen MR) is 106 cm³/mol.